The van der Waals surface area contributed by atoms with Crippen molar-refractivity contribution >= 4 is 17.9 Å². The number of hydrogen-bond donors (Lipinski definition) is 0. The van der Waals surface area contributed by atoms with Crippen molar-refractivity contribution in [3.8, 4) is 17.2 Å². The summed E-state index contributed by atoms with van der Waals surface area (Å²) < 4.78 is 17.3. The maximum atomic E-state index is 11.3. The third-order valence-corrected chi connectivity index (χ3v) is 9.01. The van der Waals surface area contributed by atoms with E-state index >= 15 is 0 Å². The first-order valence-corrected chi connectivity index (χ1v) is 20.4. The Kier molecular flexibility index (Phi) is 22.5. The molecule has 0 aliphatic rings. The van der Waals surface area contributed by atoms with Crippen molar-refractivity contribution in [2.75, 3.05) is 0 Å². The fraction of sp³-hybridized carbons (Fsp3) is 0.562. The van der Waals surface area contributed by atoms with Gasteiger partial charge in [-0.1, -0.05) is 101 Å². The van der Waals surface area contributed by atoms with Gasteiger partial charge < -0.3 is 43.9 Å². The molecule has 0 spiro atoms. The van der Waals surface area contributed by atoms with E-state index in [-0.39, 0.29) is 70.1 Å². The minimum Gasteiger partial charge on any atom is -0.545 e. The first kappa shape index (κ1) is 54.0. The summed E-state index contributed by atoms with van der Waals surface area (Å²) in [6.45, 7) is 36.2. The Balaban J connectivity index is 0.000000833. The number of carboxylic acid groups (broad SMARTS) is 3. The number of carbonyl (C=O) groups is 3. The molecule has 321 valence electrons. The Morgan fingerprint density at radius 3 is 0.672 bits per heavy atom. The molecular formula is C48H69CrO9. The summed E-state index contributed by atoms with van der Waals surface area (Å²) in [7, 11) is 0. The number of rotatable bonds is 15. The van der Waals surface area contributed by atoms with Gasteiger partial charge in [0.1, 0.15) is 17.2 Å². The van der Waals surface area contributed by atoms with Crippen LogP contribution in [-0.4, -0.2) is 36.2 Å². The molecule has 0 fully saturated rings. The van der Waals surface area contributed by atoms with Crippen LogP contribution in [0.15, 0.2) is 36.4 Å². The van der Waals surface area contributed by atoms with Gasteiger partial charge in [0.15, 0.2) is 0 Å². The third-order valence-electron chi connectivity index (χ3n) is 9.01. The first-order valence-electron chi connectivity index (χ1n) is 20.4. The van der Waals surface area contributed by atoms with Crippen LogP contribution < -0.4 is 29.5 Å². The van der Waals surface area contributed by atoms with Gasteiger partial charge in [-0.2, -0.15) is 0 Å². The van der Waals surface area contributed by atoms with Crippen LogP contribution in [-0.2, 0) is 17.4 Å². The number of ether oxygens (including phenoxy) is 3. The summed E-state index contributed by atoms with van der Waals surface area (Å²) in [5.41, 5.74) is 6.76. The maximum absolute atomic E-state index is 11.3. The Hall–Kier alpha value is -4.00. The van der Waals surface area contributed by atoms with E-state index in [9.17, 15) is 29.7 Å². The summed E-state index contributed by atoms with van der Waals surface area (Å²) in [5, 5.41) is 33.8. The fourth-order valence-corrected chi connectivity index (χ4v) is 6.71. The van der Waals surface area contributed by atoms with Gasteiger partial charge in [-0.05, 0) is 112 Å². The molecule has 0 saturated heterocycles. The van der Waals surface area contributed by atoms with E-state index in [4.69, 9.17) is 14.2 Å². The molecule has 0 heterocycles. The number of carbonyl (C=O) groups excluding carboxylic acids is 3. The van der Waals surface area contributed by atoms with E-state index in [2.05, 4.69) is 41.5 Å². The fourth-order valence-electron chi connectivity index (χ4n) is 6.71. The standard InChI is InChI=1S/3C16H24O3.Cr/c3*1-9(2)12-7-8-13(16(17)18)15(19-11(5)6)14(12)10(3)4;/h3*7-11H,1-6H3,(H,17,18);/q;;;+3/p-3. The summed E-state index contributed by atoms with van der Waals surface area (Å²) in [4.78, 5) is 33.8. The van der Waals surface area contributed by atoms with E-state index in [1.54, 1.807) is 18.2 Å². The molecule has 0 bridgehead atoms. The molecule has 58 heavy (non-hydrogen) atoms. The maximum Gasteiger partial charge on any atom is 3.00 e. The molecule has 0 aromatic heterocycles. The van der Waals surface area contributed by atoms with Gasteiger partial charge in [0.25, 0.3) is 0 Å². The summed E-state index contributed by atoms with van der Waals surface area (Å²) >= 11 is 0. The van der Waals surface area contributed by atoms with Crippen LogP contribution in [0.1, 0.15) is 225 Å². The Bertz CT molecular complexity index is 1590. The molecule has 3 rings (SSSR count). The molecule has 0 aliphatic heterocycles. The molecule has 0 N–H and O–H groups in total. The van der Waals surface area contributed by atoms with Gasteiger partial charge in [0.05, 0.1) is 36.2 Å². The zero-order valence-corrected chi connectivity index (χ0v) is 39.5. The number of hydrogen-bond acceptors (Lipinski definition) is 9. The van der Waals surface area contributed by atoms with Crippen LogP contribution in [0.25, 0.3) is 0 Å². The molecule has 3 aromatic rings. The van der Waals surface area contributed by atoms with Crippen LogP contribution >= 0.6 is 0 Å². The van der Waals surface area contributed by atoms with Crippen molar-refractivity contribution in [2.24, 2.45) is 0 Å². The van der Waals surface area contributed by atoms with Crippen LogP contribution in [0.3, 0.4) is 0 Å². The second kappa shape index (κ2) is 24.2. The SMILES string of the molecule is CC(C)Oc1c(C(=O)[O-])ccc(C(C)C)c1C(C)C.CC(C)Oc1c(C(=O)[O-])ccc(C(C)C)c1C(C)C.CC(C)Oc1c(C(=O)[O-])ccc(C(C)C)c1C(C)C.[Cr+3]. The second-order valence-corrected chi connectivity index (χ2v) is 17.1. The predicted octanol–water partition coefficient (Wildman–Crippen LogP) is 9.25. The zero-order chi connectivity index (χ0) is 44.2. The molecule has 3 aromatic carbocycles. The van der Waals surface area contributed by atoms with E-state index in [1.807, 2.05) is 101 Å². The van der Waals surface area contributed by atoms with Crippen molar-refractivity contribution < 1.29 is 61.3 Å². The quantitative estimate of drug-likeness (QED) is 0.146. The molecule has 0 aliphatic carbocycles. The number of benzene rings is 3. The topological polar surface area (TPSA) is 148 Å². The summed E-state index contributed by atoms with van der Waals surface area (Å²) in [5.74, 6) is -0.591. The van der Waals surface area contributed by atoms with Crippen LogP contribution in [0.2, 0.25) is 0 Å². The zero-order valence-electron chi connectivity index (χ0n) is 38.2. The van der Waals surface area contributed by atoms with Crippen molar-refractivity contribution in [2.45, 2.75) is 178 Å². The minimum atomic E-state index is -1.19. The minimum absolute atomic E-state index is 0. The van der Waals surface area contributed by atoms with E-state index in [0.29, 0.717) is 35.0 Å². The van der Waals surface area contributed by atoms with Gasteiger partial charge in [-0.25, -0.2) is 0 Å². The Labute approximate surface area is 360 Å². The Morgan fingerprint density at radius 1 is 0.362 bits per heavy atom. The van der Waals surface area contributed by atoms with E-state index in [1.165, 1.54) is 0 Å². The van der Waals surface area contributed by atoms with Gasteiger partial charge >= 0.3 is 17.4 Å². The average molecular weight is 842 g/mol. The number of aromatic carboxylic acids is 3. The van der Waals surface area contributed by atoms with Gasteiger partial charge in [0.2, 0.25) is 0 Å². The molecule has 1 radical (unpaired) electrons. The molecule has 10 heteroatoms. The molecule has 0 atom stereocenters. The first-order chi connectivity index (χ1) is 26.3. The van der Waals surface area contributed by atoms with E-state index < -0.39 is 17.9 Å². The number of carboxylic acids is 3. The molecule has 0 unspecified atom stereocenters. The molecule has 0 saturated carbocycles. The van der Waals surface area contributed by atoms with Crippen LogP contribution in [0, 0.1) is 0 Å². The summed E-state index contributed by atoms with van der Waals surface area (Å²) in [6.07, 6.45) is -0.214. The molecule has 9 nitrogen and oxygen atoms in total. The summed E-state index contributed by atoms with van der Waals surface area (Å²) in [6, 6.07) is 10.4. The van der Waals surface area contributed by atoms with Crippen LogP contribution in [0.4, 0.5) is 0 Å². The monoisotopic (exact) mass is 841 g/mol. The Morgan fingerprint density at radius 2 is 0.552 bits per heavy atom. The van der Waals surface area contributed by atoms with Crippen molar-refractivity contribution in [1.82, 2.24) is 0 Å². The predicted molar refractivity (Wildman–Crippen MR) is 224 cm³/mol. The van der Waals surface area contributed by atoms with Gasteiger partial charge in [0, 0.05) is 33.4 Å². The van der Waals surface area contributed by atoms with Gasteiger partial charge in [-0.3, -0.25) is 0 Å². The average Bonchev–Trinajstić information content (AvgIpc) is 3.06. The molecular weight excluding hydrogens is 773 g/mol. The van der Waals surface area contributed by atoms with E-state index in [0.717, 1.165) is 33.4 Å². The largest absolute Gasteiger partial charge is 3.00 e. The second-order valence-electron chi connectivity index (χ2n) is 17.1. The van der Waals surface area contributed by atoms with Crippen molar-refractivity contribution in [3.05, 3.63) is 86.5 Å². The molecule has 0 amide bonds. The van der Waals surface area contributed by atoms with Crippen molar-refractivity contribution in [3.63, 3.8) is 0 Å². The van der Waals surface area contributed by atoms with Crippen LogP contribution in [0.5, 0.6) is 17.2 Å². The smallest absolute Gasteiger partial charge is 0.545 e. The normalized spacial score (nSPS) is 11.2. The van der Waals surface area contributed by atoms with Gasteiger partial charge in [-0.15, -0.1) is 0 Å². The third kappa shape index (κ3) is 15.0. The van der Waals surface area contributed by atoms with Crippen molar-refractivity contribution in [1.29, 1.82) is 0 Å².